The number of aliphatic hydroxyl groups is 1. The van der Waals surface area contributed by atoms with Crippen molar-refractivity contribution in [3.63, 3.8) is 0 Å². The Hall–Kier alpha value is -2.36. The maximum absolute atomic E-state index is 13.5. The Labute approximate surface area is 242 Å². The summed E-state index contributed by atoms with van der Waals surface area (Å²) in [7, 11) is 0. The van der Waals surface area contributed by atoms with Gasteiger partial charge >= 0.3 is 6.09 Å². The minimum atomic E-state index is -1.08. The highest BCUT2D eigenvalue weighted by molar-refractivity contribution is 5.91. The van der Waals surface area contributed by atoms with Crippen LogP contribution in [0, 0.1) is 23.7 Å². The molecule has 0 fully saturated rings. The molecule has 4 amide bonds. The fourth-order valence-electron chi connectivity index (χ4n) is 4.08. The van der Waals surface area contributed by atoms with E-state index in [0.29, 0.717) is 31.7 Å². The van der Waals surface area contributed by atoms with Crippen LogP contribution in [0.25, 0.3) is 0 Å². The smallest absolute Gasteiger partial charge is 0.408 e. The topological polar surface area (TPSA) is 146 Å². The monoisotopic (exact) mass is 570 g/mol. The predicted molar refractivity (Wildman–Crippen MR) is 158 cm³/mol. The van der Waals surface area contributed by atoms with Crippen LogP contribution < -0.4 is 21.3 Å². The lowest BCUT2D eigenvalue weighted by molar-refractivity contribution is -0.133. The summed E-state index contributed by atoms with van der Waals surface area (Å²) >= 11 is 0. The van der Waals surface area contributed by atoms with Crippen LogP contribution in [0.3, 0.4) is 0 Å². The number of carbonyl (C=O) groups excluding carboxylic acids is 4. The second-order valence-corrected chi connectivity index (χ2v) is 12.9. The van der Waals surface area contributed by atoms with Gasteiger partial charge in [-0.3, -0.25) is 14.4 Å². The van der Waals surface area contributed by atoms with Crippen molar-refractivity contribution in [3.8, 4) is 0 Å². The second kappa shape index (κ2) is 18.1. The lowest BCUT2D eigenvalue weighted by Crippen LogP contribution is -2.59. The van der Waals surface area contributed by atoms with E-state index in [0.717, 1.165) is 6.42 Å². The number of rotatable bonds is 17. The van der Waals surface area contributed by atoms with Gasteiger partial charge in [-0.1, -0.05) is 68.2 Å². The Balaban J connectivity index is 5.69. The van der Waals surface area contributed by atoms with Crippen molar-refractivity contribution in [3.05, 3.63) is 0 Å². The predicted octanol–water partition coefficient (Wildman–Crippen LogP) is 3.90. The first-order valence-corrected chi connectivity index (χ1v) is 15.0. The summed E-state index contributed by atoms with van der Waals surface area (Å²) in [6, 6.07) is -2.46. The highest BCUT2D eigenvalue weighted by atomic mass is 16.6. The Morgan fingerprint density at radius 2 is 1.27 bits per heavy atom. The average Bonchev–Trinajstić information content (AvgIpc) is 2.82. The van der Waals surface area contributed by atoms with E-state index < -0.39 is 47.7 Å². The van der Waals surface area contributed by atoms with Gasteiger partial charge in [0, 0.05) is 6.54 Å². The molecule has 5 N–H and O–H groups in total. The molecule has 0 aromatic carbocycles. The fraction of sp³-hybridized carbons (Fsp3) is 0.867. The van der Waals surface area contributed by atoms with Gasteiger partial charge < -0.3 is 31.1 Å². The van der Waals surface area contributed by atoms with E-state index in [1.165, 1.54) is 0 Å². The highest BCUT2D eigenvalue weighted by Gasteiger charge is 2.35. The van der Waals surface area contributed by atoms with Crippen molar-refractivity contribution < 1.29 is 29.0 Å². The van der Waals surface area contributed by atoms with Gasteiger partial charge in [-0.2, -0.15) is 0 Å². The highest BCUT2D eigenvalue weighted by Crippen LogP contribution is 2.16. The molecule has 0 radical (unpaired) electrons. The summed E-state index contributed by atoms with van der Waals surface area (Å²) in [6.07, 6.45) is 0.613. The zero-order chi connectivity index (χ0) is 31.2. The zero-order valence-corrected chi connectivity index (χ0v) is 26.8. The first kappa shape index (κ1) is 37.6. The van der Waals surface area contributed by atoms with Crippen LogP contribution in [0.15, 0.2) is 0 Å². The molecule has 0 heterocycles. The Morgan fingerprint density at radius 3 is 1.73 bits per heavy atom. The molecule has 6 atom stereocenters. The van der Waals surface area contributed by atoms with Gasteiger partial charge in [-0.05, 0) is 57.3 Å². The van der Waals surface area contributed by atoms with Crippen molar-refractivity contribution in [1.29, 1.82) is 0 Å². The van der Waals surface area contributed by atoms with Crippen LogP contribution in [-0.2, 0) is 19.1 Å². The number of ether oxygens (including phenoxy) is 1. The molecule has 10 nitrogen and oxygen atoms in total. The van der Waals surface area contributed by atoms with E-state index in [9.17, 15) is 24.3 Å². The standard InChI is InChI=1S/C30H58N4O6/c1-12-20(7)25(33-28(38)26(21(8)13-2)34-29(39)40-30(9,10)11)27(37)32-22(16-19(5)6)23(35)17-24(36)31-15-14-18(3)4/h18-23,25-26,35H,12-17H2,1-11H3,(H,31,36)(H,32,37)(H,33,38)(H,34,39)/t20-,21-,22-,23-,25-,26-/m0/s1. The molecule has 0 rings (SSSR count). The number of nitrogens with one attached hydrogen (secondary N) is 4. The molecule has 0 unspecified atom stereocenters. The van der Waals surface area contributed by atoms with E-state index in [-0.39, 0.29) is 30.1 Å². The van der Waals surface area contributed by atoms with Gasteiger partial charge in [0.05, 0.1) is 18.6 Å². The minimum absolute atomic E-state index is 0.133. The number of amides is 4. The van der Waals surface area contributed by atoms with Gasteiger partial charge in [0.15, 0.2) is 0 Å². The van der Waals surface area contributed by atoms with E-state index in [2.05, 4.69) is 35.1 Å². The number of hydrogen-bond donors (Lipinski definition) is 5. The number of aliphatic hydroxyl groups excluding tert-OH is 1. The summed E-state index contributed by atoms with van der Waals surface area (Å²) in [4.78, 5) is 51.8. The van der Waals surface area contributed by atoms with E-state index in [1.807, 2.05) is 41.5 Å². The fourth-order valence-corrected chi connectivity index (χ4v) is 4.08. The first-order valence-electron chi connectivity index (χ1n) is 15.0. The Morgan fingerprint density at radius 1 is 0.775 bits per heavy atom. The van der Waals surface area contributed by atoms with Crippen molar-refractivity contribution in [1.82, 2.24) is 21.3 Å². The zero-order valence-electron chi connectivity index (χ0n) is 26.8. The summed E-state index contributed by atoms with van der Waals surface area (Å²) in [6.45, 7) is 21.4. The van der Waals surface area contributed by atoms with Crippen LogP contribution in [-0.4, -0.2) is 65.3 Å². The maximum Gasteiger partial charge on any atom is 0.408 e. The van der Waals surface area contributed by atoms with Gasteiger partial charge in [0.2, 0.25) is 17.7 Å². The van der Waals surface area contributed by atoms with Crippen LogP contribution in [0.2, 0.25) is 0 Å². The summed E-state index contributed by atoms with van der Waals surface area (Å²) in [5.74, 6) is -1.03. The molecule has 0 spiro atoms. The average molecular weight is 571 g/mol. The molecule has 0 aliphatic heterocycles. The summed E-state index contributed by atoms with van der Waals surface area (Å²) < 4.78 is 5.35. The van der Waals surface area contributed by atoms with Gasteiger partial charge in [-0.25, -0.2) is 4.79 Å². The summed E-state index contributed by atoms with van der Waals surface area (Å²) in [5.41, 5.74) is -0.725. The molecule has 0 aliphatic carbocycles. The van der Waals surface area contributed by atoms with Gasteiger partial charge in [-0.15, -0.1) is 0 Å². The van der Waals surface area contributed by atoms with Crippen LogP contribution in [0.4, 0.5) is 4.79 Å². The molecule has 0 saturated heterocycles. The van der Waals surface area contributed by atoms with Crippen molar-refractivity contribution in [2.75, 3.05) is 6.54 Å². The molecular formula is C30H58N4O6. The van der Waals surface area contributed by atoms with Gasteiger partial charge in [0.25, 0.3) is 0 Å². The third-order valence-corrected chi connectivity index (χ3v) is 6.92. The molecule has 0 aromatic rings. The molecule has 10 heteroatoms. The lowest BCUT2D eigenvalue weighted by atomic mass is 9.93. The second-order valence-electron chi connectivity index (χ2n) is 12.9. The molecular weight excluding hydrogens is 512 g/mol. The minimum Gasteiger partial charge on any atom is -0.444 e. The van der Waals surface area contributed by atoms with Crippen molar-refractivity contribution in [2.24, 2.45) is 23.7 Å². The number of carbonyl (C=O) groups is 4. The first-order chi connectivity index (χ1) is 18.4. The molecule has 0 saturated carbocycles. The van der Waals surface area contributed by atoms with Crippen molar-refractivity contribution >= 4 is 23.8 Å². The maximum atomic E-state index is 13.5. The lowest BCUT2D eigenvalue weighted by Gasteiger charge is -2.32. The SMILES string of the molecule is CC[C@H](C)[C@H](NC(=O)OC(C)(C)C)C(=O)N[C@H](C(=O)N[C@@H](CC(C)C)[C@@H](O)CC(=O)NCCC(C)C)[C@@H](C)CC. The molecule has 40 heavy (non-hydrogen) atoms. The van der Waals surface area contributed by atoms with E-state index in [1.54, 1.807) is 20.8 Å². The normalized spacial score (nSPS) is 16.4. The molecule has 0 bridgehead atoms. The van der Waals surface area contributed by atoms with E-state index in [4.69, 9.17) is 4.74 Å². The summed E-state index contributed by atoms with van der Waals surface area (Å²) in [5, 5.41) is 22.2. The van der Waals surface area contributed by atoms with Crippen molar-refractivity contribution in [2.45, 2.75) is 138 Å². The largest absolute Gasteiger partial charge is 0.444 e. The number of alkyl carbamates (subject to hydrolysis) is 1. The third kappa shape index (κ3) is 15.4. The number of hydrogen-bond acceptors (Lipinski definition) is 6. The van der Waals surface area contributed by atoms with Gasteiger partial charge in [0.1, 0.15) is 17.7 Å². The quantitative estimate of drug-likeness (QED) is 0.179. The van der Waals surface area contributed by atoms with E-state index >= 15 is 0 Å². The molecule has 0 aliphatic rings. The molecule has 234 valence electrons. The van der Waals surface area contributed by atoms with Crippen LogP contribution >= 0.6 is 0 Å². The van der Waals surface area contributed by atoms with Crippen LogP contribution in [0.1, 0.15) is 108 Å². The Kier molecular flexibility index (Phi) is 17.1. The molecule has 0 aromatic heterocycles. The Bertz CT molecular complexity index is 796. The third-order valence-electron chi connectivity index (χ3n) is 6.92. The van der Waals surface area contributed by atoms with Crippen LogP contribution in [0.5, 0.6) is 0 Å².